The Morgan fingerprint density at radius 2 is 2.35 bits per heavy atom. The summed E-state index contributed by atoms with van der Waals surface area (Å²) in [7, 11) is 0. The molecule has 1 atom stereocenters. The Labute approximate surface area is 105 Å². The van der Waals surface area contributed by atoms with Crippen LogP contribution in [0.3, 0.4) is 0 Å². The van der Waals surface area contributed by atoms with Crippen molar-refractivity contribution in [2.45, 2.75) is 25.9 Å². The fraction of sp³-hybridized carbons (Fsp3) is 0.500. The molecule has 0 saturated carbocycles. The van der Waals surface area contributed by atoms with Crippen LogP contribution >= 0.6 is 11.6 Å². The maximum absolute atomic E-state index is 12.2. The number of likely N-dealkylation sites (tertiary alicyclic amines) is 1. The van der Waals surface area contributed by atoms with Crippen molar-refractivity contribution in [2.75, 3.05) is 13.1 Å². The van der Waals surface area contributed by atoms with Crippen LogP contribution in [0.1, 0.15) is 28.9 Å². The van der Waals surface area contributed by atoms with E-state index in [1.165, 1.54) is 0 Å². The van der Waals surface area contributed by atoms with Crippen molar-refractivity contribution >= 4 is 17.5 Å². The predicted octanol–water partition coefficient (Wildman–Crippen LogP) is 1.64. The van der Waals surface area contributed by atoms with Gasteiger partial charge in [0.2, 0.25) is 0 Å². The van der Waals surface area contributed by atoms with Gasteiger partial charge >= 0.3 is 0 Å². The highest BCUT2D eigenvalue weighted by atomic mass is 35.5. The molecule has 0 aromatic carbocycles. The van der Waals surface area contributed by atoms with E-state index in [-0.39, 0.29) is 5.91 Å². The number of carbonyl (C=O) groups is 1. The molecule has 1 aliphatic rings. The van der Waals surface area contributed by atoms with Crippen LogP contribution in [0.4, 0.5) is 0 Å². The van der Waals surface area contributed by atoms with Gasteiger partial charge in [-0.3, -0.25) is 4.79 Å². The van der Waals surface area contributed by atoms with E-state index in [9.17, 15) is 9.90 Å². The zero-order valence-corrected chi connectivity index (χ0v) is 10.4. The summed E-state index contributed by atoms with van der Waals surface area (Å²) in [5.74, 6) is -0.0869. The second-order valence-corrected chi connectivity index (χ2v) is 4.75. The number of halogens is 1. The van der Waals surface area contributed by atoms with Gasteiger partial charge in [-0.15, -0.1) is 0 Å². The summed E-state index contributed by atoms with van der Waals surface area (Å²) in [6, 6.07) is 3.28. The standard InChI is InChI=1S/C12H15ClN2O2/c1-8-5-9(6-11(13)14-8)12(17)15-4-2-3-10(16)7-15/h5-6,10,16H,2-4,7H2,1H3/t10-/m0/s1. The molecule has 92 valence electrons. The van der Waals surface area contributed by atoms with Gasteiger partial charge in [0, 0.05) is 24.3 Å². The minimum Gasteiger partial charge on any atom is -0.391 e. The molecule has 0 spiro atoms. The fourth-order valence-corrected chi connectivity index (χ4v) is 2.32. The van der Waals surface area contributed by atoms with Gasteiger partial charge in [-0.1, -0.05) is 11.6 Å². The van der Waals surface area contributed by atoms with Crippen LogP contribution in [0.2, 0.25) is 5.15 Å². The molecule has 1 aromatic heterocycles. The summed E-state index contributed by atoms with van der Waals surface area (Å²) < 4.78 is 0. The van der Waals surface area contributed by atoms with Crippen molar-refractivity contribution in [3.8, 4) is 0 Å². The topological polar surface area (TPSA) is 53.4 Å². The van der Waals surface area contributed by atoms with Crippen molar-refractivity contribution < 1.29 is 9.90 Å². The van der Waals surface area contributed by atoms with E-state index in [2.05, 4.69) is 4.98 Å². The van der Waals surface area contributed by atoms with Crippen LogP contribution in [0, 0.1) is 6.92 Å². The zero-order valence-electron chi connectivity index (χ0n) is 9.69. The molecule has 1 fully saturated rings. The molecular weight excluding hydrogens is 240 g/mol. The average molecular weight is 255 g/mol. The van der Waals surface area contributed by atoms with Crippen LogP contribution in [-0.2, 0) is 0 Å². The number of aliphatic hydroxyl groups is 1. The lowest BCUT2D eigenvalue weighted by molar-refractivity contribution is 0.0473. The summed E-state index contributed by atoms with van der Waals surface area (Å²) >= 11 is 5.83. The first kappa shape index (κ1) is 12.3. The molecular formula is C12H15ClN2O2. The molecule has 1 amide bonds. The number of nitrogens with zero attached hydrogens (tertiary/aromatic N) is 2. The van der Waals surface area contributed by atoms with Gasteiger partial charge in [0.05, 0.1) is 6.10 Å². The second kappa shape index (κ2) is 5.02. The van der Waals surface area contributed by atoms with Gasteiger partial charge < -0.3 is 10.0 Å². The molecule has 0 radical (unpaired) electrons. The van der Waals surface area contributed by atoms with Crippen molar-refractivity contribution in [1.82, 2.24) is 9.88 Å². The molecule has 0 bridgehead atoms. The number of rotatable bonds is 1. The largest absolute Gasteiger partial charge is 0.391 e. The normalized spacial score (nSPS) is 20.4. The molecule has 1 saturated heterocycles. The molecule has 4 nitrogen and oxygen atoms in total. The van der Waals surface area contributed by atoms with Crippen molar-refractivity contribution in [2.24, 2.45) is 0 Å². The van der Waals surface area contributed by atoms with E-state index in [0.29, 0.717) is 23.8 Å². The lowest BCUT2D eigenvalue weighted by atomic mass is 10.1. The predicted molar refractivity (Wildman–Crippen MR) is 65.1 cm³/mol. The minimum absolute atomic E-state index is 0.0869. The lowest BCUT2D eigenvalue weighted by Crippen LogP contribution is -2.42. The van der Waals surface area contributed by atoms with Gasteiger partial charge in [-0.2, -0.15) is 0 Å². The number of amides is 1. The number of β-amino-alcohol motifs (C(OH)–C–C–N with tert-alkyl or cyclic N) is 1. The summed E-state index contributed by atoms with van der Waals surface area (Å²) in [5.41, 5.74) is 1.26. The minimum atomic E-state index is -0.411. The number of hydrogen-bond acceptors (Lipinski definition) is 3. The molecule has 1 N–H and O–H groups in total. The molecule has 2 heterocycles. The van der Waals surface area contributed by atoms with Crippen LogP contribution in [0.15, 0.2) is 12.1 Å². The van der Waals surface area contributed by atoms with Gasteiger partial charge in [0.15, 0.2) is 0 Å². The van der Waals surface area contributed by atoms with E-state index in [0.717, 1.165) is 18.5 Å². The van der Waals surface area contributed by atoms with Gasteiger partial charge in [-0.05, 0) is 31.9 Å². The summed E-state index contributed by atoms with van der Waals surface area (Å²) in [6.45, 7) is 2.89. The van der Waals surface area contributed by atoms with E-state index < -0.39 is 6.10 Å². The maximum Gasteiger partial charge on any atom is 0.254 e. The summed E-state index contributed by atoms with van der Waals surface area (Å²) in [4.78, 5) is 17.9. The third-order valence-electron chi connectivity index (χ3n) is 2.85. The van der Waals surface area contributed by atoms with Crippen LogP contribution in [0.25, 0.3) is 0 Å². The molecule has 2 rings (SSSR count). The SMILES string of the molecule is Cc1cc(C(=O)N2CCC[C@H](O)C2)cc(Cl)n1. The zero-order chi connectivity index (χ0) is 12.4. The van der Waals surface area contributed by atoms with Gasteiger partial charge in [0.1, 0.15) is 5.15 Å². The van der Waals surface area contributed by atoms with Crippen molar-refractivity contribution in [3.63, 3.8) is 0 Å². The third kappa shape index (κ3) is 2.96. The van der Waals surface area contributed by atoms with E-state index in [4.69, 9.17) is 11.6 Å². The molecule has 0 aliphatic carbocycles. The molecule has 0 unspecified atom stereocenters. The highest BCUT2D eigenvalue weighted by molar-refractivity contribution is 6.29. The maximum atomic E-state index is 12.2. The van der Waals surface area contributed by atoms with Crippen LogP contribution in [-0.4, -0.2) is 40.1 Å². The van der Waals surface area contributed by atoms with Crippen molar-refractivity contribution in [3.05, 3.63) is 28.5 Å². The molecule has 1 aromatic rings. The first-order chi connectivity index (χ1) is 8.06. The van der Waals surface area contributed by atoms with E-state index >= 15 is 0 Å². The second-order valence-electron chi connectivity index (χ2n) is 4.37. The Morgan fingerprint density at radius 1 is 1.59 bits per heavy atom. The van der Waals surface area contributed by atoms with Gasteiger partial charge in [0.25, 0.3) is 5.91 Å². The first-order valence-corrected chi connectivity index (χ1v) is 6.05. The van der Waals surface area contributed by atoms with Gasteiger partial charge in [-0.25, -0.2) is 4.98 Å². The quantitative estimate of drug-likeness (QED) is 0.776. The highest BCUT2D eigenvalue weighted by Gasteiger charge is 2.23. The number of piperidine rings is 1. The Hall–Kier alpha value is -1.13. The number of hydrogen-bond donors (Lipinski definition) is 1. The van der Waals surface area contributed by atoms with Crippen LogP contribution in [0.5, 0.6) is 0 Å². The first-order valence-electron chi connectivity index (χ1n) is 5.68. The Kier molecular flexibility index (Phi) is 3.64. The summed E-state index contributed by atoms with van der Waals surface area (Å²) in [5, 5.41) is 9.88. The number of aromatic nitrogens is 1. The summed E-state index contributed by atoms with van der Waals surface area (Å²) in [6.07, 6.45) is 1.19. The Bertz CT molecular complexity index is 416. The smallest absolute Gasteiger partial charge is 0.254 e. The monoisotopic (exact) mass is 254 g/mol. The fourth-order valence-electron chi connectivity index (χ4n) is 2.07. The van der Waals surface area contributed by atoms with Crippen molar-refractivity contribution in [1.29, 1.82) is 0 Å². The van der Waals surface area contributed by atoms with Crippen LogP contribution < -0.4 is 0 Å². The molecule has 5 heteroatoms. The Balaban J connectivity index is 2.18. The highest BCUT2D eigenvalue weighted by Crippen LogP contribution is 2.16. The number of carbonyl (C=O) groups excluding carboxylic acids is 1. The number of aryl methyl sites for hydroxylation is 1. The average Bonchev–Trinajstić information content (AvgIpc) is 2.26. The molecule has 17 heavy (non-hydrogen) atoms. The third-order valence-corrected chi connectivity index (χ3v) is 3.05. The van der Waals surface area contributed by atoms with E-state index in [1.54, 1.807) is 24.0 Å². The Morgan fingerprint density at radius 3 is 3.00 bits per heavy atom. The number of pyridine rings is 1. The molecule has 1 aliphatic heterocycles. The number of aliphatic hydroxyl groups excluding tert-OH is 1. The van der Waals surface area contributed by atoms with E-state index in [1.807, 2.05) is 0 Å². The lowest BCUT2D eigenvalue weighted by Gasteiger charge is -2.30.